The van der Waals surface area contributed by atoms with Crippen molar-refractivity contribution in [2.24, 2.45) is 0 Å². The van der Waals surface area contributed by atoms with E-state index in [1.165, 1.54) is 16.9 Å². The molecular formula is C13H11N3O2S2. The van der Waals surface area contributed by atoms with Crippen LogP contribution in [0, 0.1) is 0 Å². The third kappa shape index (κ3) is 2.50. The smallest absolute Gasteiger partial charge is 0.358 e. The second-order valence-electron chi connectivity index (χ2n) is 4.17. The lowest BCUT2D eigenvalue weighted by molar-refractivity contribution is 0.0691. The fourth-order valence-electron chi connectivity index (χ4n) is 1.94. The van der Waals surface area contributed by atoms with Gasteiger partial charge in [0.2, 0.25) is 0 Å². The highest BCUT2D eigenvalue weighted by Gasteiger charge is 2.21. The normalized spacial score (nSPS) is 10.8. The third-order valence-corrected chi connectivity index (χ3v) is 4.49. The van der Waals surface area contributed by atoms with E-state index >= 15 is 0 Å². The first kappa shape index (κ1) is 13.0. The minimum absolute atomic E-state index is 0.0118. The molecule has 102 valence electrons. The Balaban J connectivity index is 1.92. The molecule has 0 aromatic carbocycles. The summed E-state index contributed by atoms with van der Waals surface area (Å²) in [6.07, 6.45) is 0.810. The molecule has 0 unspecified atom stereocenters. The summed E-state index contributed by atoms with van der Waals surface area (Å²) in [5.74, 6) is -1.05. The quantitative estimate of drug-likeness (QED) is 0.787. The predicted molar refractivity (Wildman–Crippen MR) is 78.3 cm³/mol. The number of thiophene rings is 2. The molecule has 0 aliphatic carbocycles. The van der Waals surface area contributed by atoms with Crippen molar-refractivity contribution in [3.05, 3.63) is 45.6 Å². The Kier molecular flexibility index (Phi) is 3.62. The molecular weight excluding hydrogens is 294 g/mol. The molecule has 20 heavy (non-hydrogen) atoms. The number of carboxylic acids is 1. The van der Waals surface area contributed by atoms with Gasteiger partial charge in [0.1, 0.15) is 5.69 Å². The number of carbonyl (C=O) groups is 1. The van der Waals surface area contributed by atoms with Gasteiger partial charge in [0.25, 0.3) is 0 Å². The minimum atomic E-state index is -1.05. The lowest BCUT2D eigenvalue weighted by atomic mass is 10.2. The predicted octanol–water partition coefficient (Wildman–Crippen LogP) is 3.01. The highest BCUT2D eigenvalue weighted by Crippen LogP contribution is 2.27. The molecule has 3 aromatic heterocycles. The van der Waals surface area contributed by atoms with Crippen molar-refractivity contribution in [3.63, 3.8) is 0 Å². The molecule has 0 fully saturated rings. The van der Waals surface area contributed by atoms with E-state index in [1.54, 1.807) is 16.0 Å². The highest BCUT2D eigenvalue weighted by atomic mass is 32.1. The Morgan fingerprint density at radius 3 is 2.90 bits per heavy atom. The molecule has 0 amide bonds. The van der Waals surface area contributed by atoms with Crippen LogP contribution in [0.3, 0.4) is 0 Å². The number of nitrogens with zero attached hydrogens (tertiary/aromatic N) is 3. The first-order chi connectivity index (χ1) is 9.75. The first-order valence-electron chi connectivity index (χ1n) is 5.97. The van der Waals surface area contributed by atoms with Crippen molar-refractivity contribution in [3.8, 4) is 10.6 Å². The van der Waals surface area contributed by atoms with E-state index in [-0.39, 0.29) is 5.69 Å². The topological polar surface area (TPSA) is 68.0 Å². The Morgan fingerprint density at radius 2 is 2.25 bits per heavy atom. The summed E-state index contributed by atoms with van der Waals surface area (Å²) in [4.78, 5) is 12.1. The summed E-state index contributed by atoms with van der Waals surface area (Å²) < 4.78 is 1.67. The Bertz CT molecular complexity index is 702. The van der Waals surface area contributed by atoms with Crippen LogP contribution in [0.2, 0.25) is 0 Å². The molecule has 0 aliphatic heterocycles. The standard InChI is InChI=1S/C13H11N3O2S2/c17-13(18)11-12(10-2-1-6-20-10)16(15-14-11)5-3-9-4-7-19-8-9/h1-2,4,6-8H,3,5H2,(H,17,18). The maximum absolute atomic E-state index is 11.3. The zero-order valence-electron chi connectivity index (χ0n) is 10.4. The fraction of sp³-hybridized carbons (Fsp3) is 0.154. The van der Waals surface area contributed by atoms with Crippen LogP contribution >= 0.6 is 22.7 Å². The number of aromatic carboxylic acids is 1. The van der Waals surface area contributed by atoms with E-state index in [1.807, 2.05) is 22.9 Å². The van der Waals surface area contributed by atoms with Crippen molar-refractivity contribution >= 4 is 28.6 Å². The summed E-state index contributed by atoms with van der Waals surface area (Å²) in [6.45, 7) is 0.615. The van der Waals surface area contributed by atoms with Gasteiger partial charge >= 0.3 is 5.97 Å². The number of aryl methyl sites for hydroxylation is 2. The van der Waals surface area contributed by atoms with Gasteiger partial charge in [-0.25, -0.2) is 9.48 Å². The van der Waals surface area contributed by atoms with Crippen LogP contribution in [0.4, 0.5) is 0 Å². The lowest BCUT2D eigenvalue weighted by Crippen LogP contribution is -2.06. The molecule has 5 nitrogen and oxygen atoms in total. The van der Waals surface area contributed by atoms with E-state index in [4.69, 9.17) is 0 Å². The van der Waals surface area contributed by atoms with Crippen LogP contribution in [0.1, 0.15) is 16.1 Å². The minimum Gasteiger partial charge on any atom is -0.476 e. The van der Waals surface area contributed by atoms with Crippen molar-refractivity contribution in [2.75, 3.05) is 0 Å². The van der Waals surface area contributed by atoms with E-state index in [2.05, 4.69) is 21.8 Å². The summed E-state index contributed by atoms with van der Waals surface area (Å²) in [6, 6.07) is 5.84. The third-order valence-electron chi connectivity index (χ3n) is 2.88. The van der Waals surface area contributed by atoms with Crippen molar-refractivity contribution in [1.29, 1.82) is 0 Å². The zero-order chi connectivity index (χ0) is 13.9. The lowest BCUT2D eigenvalue weighted by Gasteiger charge is -2.04. The van der Waals surface area contributed by atoms with E-state index in [9.17, 15) is 9.90 Å². The van der Waals surface area contributed by atoms with Gasteiger partial charge in [0.05, 0.1) is 4.88 Å². The summed E-state index contributed by atoms with van der Waals surface area (Å²) in [5.41, 5.74) is 1.82. The maximum atomic E-state index is 11.3. The largest absolute Gasteiger partial charge is 0.476 e. The molecule has 0 bridgehead atoms. The monoisotopic (exact) mass is 305 g/mol. The number of hydrogen-bond acceptors (Lipinski definition) is 5. The average molecular weight is 305 g/mol. The second kappa shape index (κ2) is 5.56. The van der Waals surface area contributed by atoms with Crippen LogP contribution in [0.25, 0.3) is 10.6 Å². The molecule has 0 aliphatic rings. The number of rotatable bonds is 5. The van der Waals surface area contributed by atoms with Crippen LogP contribution in [-0.2, 0) is 13.0 Å². The molecule has 3 rings (SSSR count). The van der Waals surface area contributed by atoms with Gasteiger partial charge in [-0.1, -0.05) is 11.3 Å². The molecule has 1 N–H and O–H groups in total. The Labute approximate surface area is 123 Å². The Morgan fingerprint density at radius 1 is 1.35 bits per heavy atom. The maximum Gasteiger partial charge on any atom is 0.358 e. The molecule has 0 saturated heterocycles. The van der Waals surface area contributed by atoms with E-state index < -0.39 is 5.97 Å². The SMILES string of the molecule is O=C(O)c1nnn(CCc2ccsc2)c1-c1cccs1. The van der Waals surface area contributed by atoms with E-state index in [0.717, 1.165) is 11.3 Å². The first-order valence-corrected chi connectivity index (χ1v) is 7.79. The zero-order valence-corrected chi connectivity index (χ0v) is 12.0. The van der Waals surface area contributed by atoms with Gasteiger partial charge in [-0.2, -0.15) is 11.3 Å². The Hall–Kier alpha value is -1.99. The summed E-state index contributed by atoms with van der Waals surface area (Å²) >= 11 is 3.14. The van der Waals surface area contributed by atoms with Gasteiger partial charge in [-0.3, -0.25) is 0 Å². The van der Waals surface area contributed by atoms with Gasteiger partial charge in [-0.15, -0.1) is 16.4 Å². The molecule has 0 spiro atoms. The van der Waals surface area contributed by atoms with Gasteiger partial charge in [-0.05, 0) is 40.3 Å². The summed E-state index contributed by atoms with van der Waals surface area (Å²) in [7, 11) is 0. The summed E-state index contributed by atoms with van der Waals surface area (Å²) in [5, 5.41) is 23.0. The van der Waals surface area contributed by atoms with Gasteiger partial charge in [0.15, 0.2) is 5.69 Å². The van der Waals surface area contributed by atoms with E-state index in [0.29, 0.717) is 12.2 Å². The van der Waals surface area contributed by atoms with Crippen LogP contribution in [0.5, 0.6) is 0 Å². The average Bonchev–Trinajstić information content (AvgIpc) is 3.17. The highest BCUT2D eigenvalue weighted by molar-refractivity contribution is 7.13. The van der Waals surface area contributed by atoms with Crippen LogP contribution < -0.4 is 0 Å². The molecule has 7 heteroatoms. The van der Waals surface area contributed by atoms with Crippen molar-refractivity contribution in [1.82, 2.24) is 15.0 Å². The molecule has 3 aromatic rings. The molecule has 0 atom stereocenters. The van der Waals surface area contributed by atoms with Crippen LogP contribution in [0.15, 0.2) is 34.3 Å². The van der Waals surface area contributed by atoms with Crippen molar-refractivity contribution < 1.29 is 9.90 Å². The number of aromatic nitrogens is 3. The van der Waals surface area contributed by atoms with Gasteiger partial charge in [0, 0.05) is 6.54 Å². The molecule has 0 radical (unpaired) electrons. The number of carboxylic acid groups (broad SMARTS) is 1. The molecule has 3 heterocycles. The second-order valence-corrected chi connectivity index (χ2v) is 5.90. The van der Waals surface area contributed by atoms with Crippen molar-refractivity contribution in [2.45, 2.75) is 13.0 Å². The fourth-order valence-corrected chi connectivity index (χ4v) is 3.42. The van der Waals surface area contributed by atoms with Crippen LogP contribution in [-0.4, -0.2) is 26.1 Å². The number of hydrogen-bond donors (Lipinski definition) is 1. The molecule has 0 saturated carbocycles. The van der Waals surface area contributed by atoms with Gasteiger partial charge < -0.3 is 5.11 Å².